The molecule has 2 aromatic rings. The number of carbonyl (C=O) groups excluding carboxylic acids is 1. The van der Waals surface area contributed by atoms with Gasteiger partial charge in [0, 0.05) is 43.2 Å². The Morgan fingerprint density at radius 2 is 2.20 bits per heavy atom. The lowest BCUT2D eigenvalue weighted by Crippen LogP contribution is -2.50. The van der Waals surface area contributed by atoms with Crippen molar-refractivity contribution in [3.05, 3.63) is 65.5 Å². The van der Waals surface area contributed by atoms with Crippen molar-refractivity contribution < 1.29 is 13.6 Å². The van der Waals surface area contributed by atoms with E-state index in [0.29, 0.717) is 12.1 Å². The Kier molecular flexibility index (Phi) is 5.38. The quantitative estimate of drug-likeness (QED) is 0.905. The summed E-state index contributed by atoms with van der Waals surface area (Å²) in [5.41, 5.74) is 1.34. The zero-order valence-electron chi connectivity index (χ0n) is 14.1. The molecule has 4 nitrogen and oxygen atoms in total. The molecule has 132 valence electrons. The minimum atomic E-state index is -0.619. The van der Waals surface area contributed by atoms with Gasteiger partial charge < -0.3 is 4.90 Å². The van der Waals surface area contributed by atoms with Crippen LogP contribution >= 0.6 is 0 Å². The highest BCUT2D eigenvalue weighted by Gasteiger charge is 2.30. The van der Waals surface area contributed by atoms with E-state index in [0.717, 1.165) is 24.5 Å². The number of hydrogen-bond acceptors (Lipinski definition) is 3. The second-order valence-corrected chi connectivity index (χ2v) is 6.37. The molecule has 0 unspecified atom stereocenters. The third kappa shape index (κ3) is 4.20. The number of carbonyl (C=O) groups is 1. The number of nitrogens with zero attached hydrogens (tertiary/aromatic N) is 2. The fourth-order valence-corrected chi connectivity index (χ4v) is 3.14. The summed E-state index contributed by atoms with van der Waals surface area (Å²) in [5, 5.41) is 3.34. The molecule has 1 aliphatic heterocycles. The molecule has 1 N–H and O–H groups in total. The Morgan fingerprint density at radius 3 is 2.92 bits per heavy atom. The van der Waals surface area contributed by atoms with Crippen molar-refractivity contribution in [2.24, 2.45) is 0 Å². The Balaban J connectivity index is 1.66. The first-order valence-corrected chi connectivity index (χ1v) is 8.43. The van der Waals surface area contributed by atoms with E-state index in [-0.39, 0.29) is 24.5 Å². The van der Waals surface area contributed by atoms with Crippen LogP contribution < -0.4 is 5.32 Å². The molecule has 1 aromatic carbocycles. The van der Waals surface area contributed by atoms with Gasteiger partial charge in [-0.1, -0.05) is 12.1 Å². The SMILES string of the molecule is C[C@@H](N[C@@H]1CCCN(Cc2ccc(F)cc2F)C1=O)c1cccnc1. The van der Waals surface area contributed by atoms with E-state index in [1.165, 1.54) is 12.1 Å². The summed E-state index contributed by atoms with van der Waals surface area (Å²) in [6.07, 6.45) is 5.06. The largest absolute Gasteiger partial charge is 0.337 e. The number of hydrogen-bond donors (Lipinski definition) is 1. The molecule has 0 radical (unpaired) electrons. The normalized spacial score (nSPS) is 19.1. The molecule has 1 saturated heterocycles. The standard InChI is InChI=1S/C19H21F2N3O/c1-13(14-4-2-8-22-11-14)23-18-5-3-9-24(19(18)25)12-15-6-7-16(20)10-17(15)21/h2,4,6-8,10-11,13,18,23H,3,5,9,12H2,1H3/t13-,18-/m1/s1. The number of aromatic nitrogens is 1. The maximum absolute atomic E-state index is 13.9. The number of halogens is 2. The summed E-state index contributed by atoms with van der Waals surface area (Å²) in [4.78, 5) is 18.5. The molecule has 2 heterocycles. The van der Waals surface area contributed by atoms with E-state index in [4.69, 9.17) is 0 Å². The maximum atomic E-state index is 13.9. The van der Waals surface area contributed by atoms with Gasteiger partial charge in [-0.3, -0.25) is 15.1 Å². The van der Waals surface area contributed by atoms with E-state index in [2.05, 4.69) is 10.3 Å². The van der Waals surface area contributed by atoms with Crippen LogP contribution in [0.5, 0.6) is 0 Å². The van der Waals surface area contributed by atoms with Crippen LogP contribution in [0.2, 0.25) is 0 Å². The van der Waals surface area contributed by atoms with Gasteiger partial charge in [-0.25, -0.2) is 8.78 Å². The predicted octanol–water partition coefficient (Wildman–Crippen LogP) is 3.20. The lowest BCUT2D eigenvalue weighted by molar-refractivity contribution is -0.136. The number of rotatable bonds is 5. The van der Waals surface area contributed by atoms with Crippen LogP contribution in [0.3, 0.4) is 0 Å². The summed E-state index contributed by atoms with van der Waals surface area (Å²) < 4.78 is 26.9. The second-order valence-electron chi connectivity index (χ2n) is 6.37. The van der Waals surface area contributed by atoms with Gasteiger partial charge >= 0.3 is 0 Å². The molecule has 0 spiro atoms. The summed E-state index contributed by atoms with van der Waals surface area (Å²) in [7, 11) is 0. The highest BCUT2D eigenvalue weighted by Crippen LogP contribution is 2.20. The Morgan fingerprint density at radius 1 is 1.36 bits per heavy atom. The molecule has 2 atom stereocenters. The summed E-state index contributed by atoms with van der Waals surface area (Å²) >= 11 is 0. The molecule has 1 amide bonds. The summed E-state index contributed by atoms with van der Waals surface area (Å²) in [6, 6.07) is 6.96. The molecule has 6 heteroatoms. The van der Waals surface area contributed by atoms with Crippen LogP contribution in [0.25, 0.3) is 0 Å². The van der Waals surface area contributed by atoms with Gasteiger partial charge in [0.15, 0.2) is 0 Å². The zero-order valence-corrected chi connectivity index (χ0v) is 14.1. The van der Waals surface area contributed by atoms with E-state index in [1.807, 2.05) is 19.1 Å². The van der Waals surface area contributed by atoms with Crippen LogP contribution in [-0.4, -0.2) is 28.4 Å². The van der Waals surface area contributed by atoms with Crippen molar-refractivity contribution in [1.29, 1.82) is 0 Å². The molecule has 0 bridgehead atoms. The number of benzene rings is 1. The summed E-state index contributed by atoms with van der Waals surface area (Å²) in [5.74, 6) is -1.28. The smallest absolute Gasteiger partial charge is 0.240 e. The van der Waals surface area contributed by atoms with Crippen molar-refractivity contribution >= 4 is 5.91 Å². The minimum Gasteiger partial charge on any atom is -0.337 e. The van der Waals surface area contributed by atoms with Gasteiger partial charge in [0.1, 0.15) is 11.6 Å². The molecule has 3 rings (SSSR count). The first-order valence-electron chi connectivity index (χ1n) is 8.43. The van der Waals surface area contributed by atoms with Gasteiger partial charge in [-0.15, -0.1) is 0 Å². The van der Waals surface area contributed by atoms with Crippen molar-refractivity contribution in [2.75, 3.05) is 6.54 Å². The Bertz CT molecular complexity index is 739. The number of pyridine rings is 1. The highest BCUT2D eigenvalue weighted by molar-refractivity contribution is 5.82. The molecule has 1 fully saturated rings. The highest BCUT2D eigenvalue weighted by atomic mass is 19.1. The van der Waals surface area contributed by atoms with Gasteiger partial charge in [0.25, 0.3) is 0 Å². The van der Waals surface area contributed by atoms with Crippen LogP contribution in [0.4, 0.5) is 8.78 Å². The second kappa shape index (κ2) is 7.70. The van der Waals surface area contributed by atoms with Crippen molar-refractivity contribution in [2.45, 2.75) is 38.4 Å². The lowest BCUT2D eigenvalue weighted by Gasteiger charge is -2.34. The number of piperidine rings is 1. The topological polar surface area (TPSA) is 45.2 Å². The van der Waals surface area contributed by atoms with E-state index in [1.54, 1.807) is 17.3 Å². The molecule has 1 aliphatic rings. The fourth-order valence-electron chi connectivity index (χ4n) is 3.14. The average Bonchev–Trinajstić information content (AvgIpc) is 2.61. The van der Waals surface area contributed by atoms with Crippen LogP contribution in [0.15, 0.2) is 42.7 Å². The van der Waals surface area contributed by atoms with Crippen molar-refractivity contribution in [3.8, 4) is 0 Å². The van der Waals surface area contributed by atoms with Crippen molar-refractivity contribution in [1.82, 2.24) is 15.2 Å². The third-order valence-electron chi connectivity index (χ3n) is 4.54. The average molecular weight is 345 g/mol. The number of nitrogens with one attached hydrogen (secondary N) is 1. The summed E-state index contributed by atoms with van der Waals surface area (Å²) in [6.45, 7) is 2.72. The third-order valence-corrected chi connectivity index (χ3v) is 4.54. The molecular formula is C19H21F2N3O. The Labute approximate surface area is 145 Å². The lowest BCUT2D eigenvalue weighted by atomic mass is 10.0. The number of amides is 1. The van der Waals surface area contributed by atoms with E-state index >= 15 is 0 Å². The minimum absolute atomic E-state index is 0.00911. The molecule has 25 heavy (non-hydrogen) atoms. The molecule has 1 aromatic heterocycles. The fraction of sp³-hybridized carbons (Fsp3) is 0.368. The number of likely N-dealkylation sites (tertiary alicyclic amines) is 1. The van der Waals surface area contributed by atoms with Gasteiger partial charge in [-0.05, 0) is 37.5 Å². The first kappa shape index (κ1) is 17.5. The van der Waals surface area contributed by atoms with Gasteiger partial charge in [0.2, 0.25) is 5.91 Å². The van der Waals surface area contributed by atoms with Crippen molar-refractivity contribution in [3.63, 3.8) is 0 Å². The van der Waals surface area contributed by atoms with Gasteiger partial charge in [-0.2, -0.15) is 0 Å². The molecule has 0 aliphatic carbocycles. The predicted molar refractivity (Wildman–Crippen MR) is 90.6 cm³/mol. The molecular weight excluding hydrogens is 324 g/mol. The van der Waals surface area contributed by atoms with Gasteiger partial charge in [0.05, 0.1) is 6.04 Å². The van der Waals surface area contributed by atoms with Crippen LogP contribution in [0.1, 0.15) is 36.9 Å². The first-order chi connectivity index (χ1) is 12.0. The maximum Gasteiger partial charge on any atom is 0.240 e. The Hall–Kier alpha value is -2.34. The zero-order chi connectivity index (χ0) is 17.8. The van der Waals surface area contributed by atoms with E-state index < -0.39 is 11.6 Å². The van der Waals surface area contributed by atoms with Crippen LogP contribution in [-0.2, 0) is 11.3 Å². The molecule has 0 saturated carbocycles. The monoisotopic (exact) mass is 345 g/mol. The van der Waals surface area contributed by atoms with Crippen LogP contribution in [0, 0.1) is 11.6 Å². The van der Waals surface area contributed by atoms with E-state index in [9.17, 15) is 13.6 Å².